The van der Waals surface area contributed by atoms with E-state index >= 15 is 0 Å². The Kier molecular flexibility index (Phi) is 9.84. The van der Waals surface area contributed by atoms with E-state index in [1.54, 1.807) is 10.3 Å². The number of guanidine groups is 1. The van der Waals surface area contributed by atoms with Crippen LogP contribution >= 0.6 is 22.7 Å². The van der Waals surface area contributed by atoms with Crippen LogP contribution < -0.4 is 22.5 Å². The van der Waals surface area contributed by atoms with E-state index in [0.717, 1.165) is 23.5 Å². The number of amides is 2. The van der Waals surface area contributed by atoms with Crippen LogP contribution in [0.2, 0.25) is 0 Å². The number of benzene rings is 1. The first-order valence-corrected chi connectivity index (χ1v) is 15.0. The van der Waals surface area contributed by atoms with Gasteiger partial charge >= 0.3 is 6.18 Å². The van der Waals surface area contributed by atoms with E-state index in [-0.39, 0.29) is 48.3 Å². The summed E-state index contributed by atoms with van der Waals surface area (Å²) in [5.74, 6) is -1.44. The van der Waals surface area contributed by atoms with Crippen molar-refractivity contribution in [3.05, 3.63) is 50.8 Å². The van der Waals surface area contributed by atoms with Crippen LogP contribution in [0.3, 0.4) is 0 Å². The molecule has 0 aliphatic carbocycles. The number of carbonyl (C=O) groups is 3. The molecule has 7 N–H and O–H groups in total. The van der Waals surface area contributed by atoms with E-state index < -0.39 is 23.7 Å². The molecule has 3 atom stereocenters. The van der Waals surface area contributed by atoms with Gasteiger partial charge < -0.3 is 27.4 Å². The lowest BCUT2D eigenvalue weighted by Crippen LogP contribution is -2.32. The van der Waals surface area contributed by atoms with Crippen LogP contribution in [-0.2, 0) is 11.0 Å². The average molecular weight is 624 g/mol. The number of carbonyl (C=O) groups excluding carboxylic acids is 3. The van der Waals surface area contributed by atoms with E-state index in [2.05, 4.69) is 15.3 Å². The first-order chi connectivity index (χ1) is 19.9. The Morgan fingerprint density at radius 3 is 2.67 bits per heavy atom. The Hall–Kier alpha value is -3.56. The van der Waals surface area contributed by atoms with Gasteiger partial charge in [0, 0.05) is 48.6 Å². The molecule has 1 aromatic carbocycles. The number of thiophene rings is 1. The van der Waals surface area contributed by atoms with Gasteiger partial charge in [0.15, 0.2) is 11.7 Å². The van der Waals surface area contributed by atoms with Crippen LogP contribution in [0.15, 0.2) is 34.6 Å². The highest BCUT2D eigenvalue weighted by Crippen LogP contribution is 2.38. The van der Waals surface area contributed by atoms with Gasteiger partial charge in [-0.05, 0) is 48.9 Å². The zero-order valence-corrected chi connectivity index (χ0v) is 24.5. The molecule has 2 amide bonds. The van der Waals surface area contributed by atoms with E-state index in [1.807, 2.05) is 0 Å². The van der Waals surface area contributed by atoms with Crippen molar-refractivity contribution >= 4 is 56.3 Å². The molecular formula is C27H32F3N7O3S2. The molecular weight excluding hydrogens is 591 g/mol. The summed E-state index contributed by atoms with van der Waals surface area (Å²) in [5.41, 5.74) is 16.3. The van der Waals surface area contributed by atoms with Crippen molar-refractivity contribution in [1.29, 1.82) is 0 Å². The predicted octanol–water partition coefficient (Wildman–Crippen LogP) is 3.67. The SMILES string of the molecule is CNC(=O)[C@H](CCCCN=C(N)N)CC(=O)c1csc([C@@H]2C[C@@H](N)CN2C(=O)c2cc3cc(C(F)(F)F)ccc3s2)n1. The first kappa shape index (κ1) is 31.4. The van der Waals surface area contributed by atoms with Crippen molar-refractivity contribution in [2.75, 3.05) is 20.1 Å². The molecule has 0 bridgehead atoms. The third-order valence-corrected chi connectivity index (χ3v) is 9.10. The fourth-order valence-corrected chi connectivity index (χ4v) is 6.88. The van der Waals surface area contributed by atoms with E-state index in [9.17, 15) is 27.6 Å². The van der Waals surface area contributed by atoms with E-state index in [1.165, 1.54) is 30.5 Å². The topological polar surface area (TPSA) is 170 Å². The summed E-state index contributed by atoms with van der Waals surface area (Å²) in [5, 5.41) is 5.08. The number of rotatable bonds is 11. The van der Waals surface area contributed by atoms with Gasteiger partial charge in [-0.2, -0.15) is 13.2 Å². The summed E-state index contributed by atoms with van der Waals surface area (Å²) >= 11 is 2.34. The molecule has 226 valence electrons. The minimum atomic E-state index is -4.48. The number of Topliss-reactive ketones (excluding diaryl/α,β-unsaturated/α-hetero) is 1. The summed E-state index contributed by atoms with van der Waals surface area (Å²) in [6.45, 7) is 0.675. The van der Waals surface area contributed by atoms with Gasteiger partial charge in [-0.25, -0.2) is 4.98 Å². The molecule has 4 rings (SSSR count). The molecule has 2 aromatic heterocycles. The number of aromatic nitrogens is 1. The number of nitrogens with zero attached hydrogens (tertiary/aromatic N) is 3. The number of nitrogens with two attached hydrogens (primary N) is 3. The number of hydrogen-bond acceptors (Lipinski definition) is 8. The standard InChI is InChI=1S/C27H32F3N7O3S2/c1-34-23(39)14(4-2-3-7-35-26(32)33)9-20(38)18-13-41-24(36-18)19-11-17(31)12-37(19)25(40)22-10-15-8-16(27(28,29)30)5-6-21(15)42-22/h5-6,8,10,13-14,17,19H,2-4,7,9,11-12,31H2,1H3,(H,34,39)(H4,32,33,35)/t14-,17-,19+/m1/s1. The van der Waals surface area contributed by atoms with Crippen molar-refractivity contribution in [3.63, 3.8) is 0 Å². The summed E-state index contributed by atoms with van der Waals surface area (Å²) in [4.78, 5) is 49.3. The Labute approximate surface area is 248 Å². The van der Waals surface area contributed by atoms with Gasteiger partial charge in [0.25, 0.3) is 5.91 Å². The normalized spacial score (nSPS) is 17.8. The minimum absolute atomic E-state index is 0.000750. The molecule has 0 unspecified atom stereocenters. The fraction of sp³-hybridized carbons (Fsp3) is 0.444. The average Bonchev–Trinajstić information content (AvgIpc) is 3.68. The molecule has 1 aliphatic rings. The Balaban J connectivity index is 1.46. The minimum Gasteiger partial charge on any atom is -0.370 e. The molecule has 1 aliphatic heterocycles. The monoisotopic (exact) mass is 623 g/mol. The molecule has 0 spiro atoms. The molecule has 0 saturated carbocycles. The van der Waals surface area contributed by atoms with Crippen LogP contribution in [0.25, 0.3) is 10.1 Å². The van der Waals surface area contributed by atoms with Crippen molar-refractivity contribution in [2.45, 2.75) is 50.4 Å². The maximum Gasteiger partial charge on any atom is 0.416 e. The smallest absolute Gasteiger partial charge is 0.370 e. The zero-order chi connectivity index (χ0) is 30.6. The van der Waals surface area contributed by atoms with Crippen LogP contribution in [-0.4, -0.2) is 59.6 Å². The number of aliphatic imine (C=N–C) groups is 1. The molecule has 42 heavy (non-hydrogen) atoms. The van der Waals surface area contributed by atoms with E-state index in [0.29, 0.717) is 52.2 Å². The molecule has 10 nitrogen and oxygen atoms in total. The number of ketones is 1. The molecule has 1 fully saturated rings. The lowest BCUT2D eigenvalue weighted by atomic mass is 9.94. The lowest BCUT2D eigenvalue weighted by Gasteiger charge is -2.22. The summed E-state index contributed by atoms with van der Waals surface area (Å²) in [6, 6.07) is 4.04. The van der Waals surface area contributed by atoms with Gasteiger partial charge in [0.05, 0.1) is 16.5 Å². The number of halogens is 3. The second kappa shape index (κ2) is 13.2. The Bertz CT molecular complexity index is 1480. The van der Waals surface area contributed by atoms with Crippen molar-refractivity contribution < 1.29 is 27.6 Å². The molecule has 3 aromatic rings. The molecule has 0 radical (unpaired) electrons. The highest BCUT2D eigenvalue weighted by atomic mass is 32.1. The van der Waals surface area contributed by atoms with Crippen molar-refractivity contribution in [1.82, 2.24) is 15.2 Å². The van der Waals surface area contributed by atoms with Gasteiger partial charge in [-0.3, -0.25) is 19.4 Å². The number of thiazole rings is 1. The fourth-order valence-electron chi connectivity index (χ4n) is 4.93. The van der Waals surface area contributed by atoms with Crippen LogP contribution in [0.5, 0.6) is 0 Å². The second-order valence-corrected chi connectivity index (χ2v) is 12.1. The predicted molar refractivity (Wildman–Crippen MR) is 156 cm³/mol. The lowest BCUT2D eigenvalue weighted by molar-refractivity contribution is -0.137. The highest BCUT2D eigenvalue weighted by Gasteiger charge is 2.38. The van der Waals surface area contributed by atoms with Gasteiger partial charge in [-0.1, -0.05) is 6.42 Å². The zero-order valence-electron chi connectivity index (χ0n) is 22.8. The Morgan fingerprint density at radius 1 is 1.21 bits per heavy atom. The molecule has 15 heteroatoms. The van der Waals surface area contributed by atoms with Crippen LogP contribution in [0, 0.1) is 5.92 Å². The highest BCUT2D eigenvalue weighted by molar-refractivity contribution is 7.20. The quantitative estimate of drug-likeness (QED) is 0.109. The summed E-state index contributed by atoms with van der Waals surface area (Å²) in [7, 11) is 1.51. The van der Waals surface area contributed by atoms with Crippen LogP contribution in [0.1, 0.15) is 68.9 Å². The largest absolute Gasteiger partial charge is 0.416 e. The number of hydrogen-bond donors (Lipinski definition) is 4. The second-order valence-electron chi connectivity index (χ2n) is 10.1. The molecule has 3 heterocycles. The van der Waals surface area contributed by atoms with Crippen LogP contribution in [0.4, 0.5) is 13.2 Å². The third kappa shape index (κ3) is 7.44. The summed E-state index contributed by atoms with van der Waals surface area (Å²) in [6.07, 6.45) is -2.30. The van der Waals surface area contributed by atoms with Gasteiger partial charge in [0.2, 0.25) is 5.91 Å². The number of likely N-dealkylation sites (tertiary alicyclic amines) is 1. The molecule has 1 saturated heterocycles. The van der Waals surface area contributed by atoms with Crippen molar-refractivity contribution in [3.8, 4) is 0 Å². The third-order valence-electron chi connectivity index (χ3n) is 7.05. The number of fused-ring (bicyclic) bond motifs is 1. The number of alkyl halides is 3. The summed E-state index contributed by atoms with van der Waals surface area (Å²) < 4.78 is 40.0. The van der Waals surface area contributed by atoms with Gasteiger partial charge in [0.1, 0.15) is 10.7 Å². The van der Waals surface area contributed by atoms with E-state index in [4.69, 9.17) is 17.2 Å². The first-order valence-electron chi connectivity index (χ1n) is 13.3. The van der Waals surface area contributed by atoms with Gasteiger partial charge in [-0.15, -0.1) is 22.7 Å². The maximum atomic E-state index is 13.5. The Morgan fingerprint density at radius 2 is 1.98 bits per heavy atom. The maximum absolute atomic E-state index is 13.5. The number of unbranched alkanes of at least 4 members (excludes halogenated alkanes) is 1. The number of nitrogens with one attached hydrogen (secondary N) is 1. The van der Waals surface area contributed by atoms with Crippen molar-refractivity contribution in [2.24, 2.45) is 28.1 Å².